The summed E-state index contributed by atoms with van der Waals surface area (Å²) in [4.78, 5) is 63.9. The summed E-state index contributed by atoms with van der Waals surface area (Å²) < 4.78 is 0. The molecule has 0 bridgehead atoms. The third kappa shape index (κ3) is 5.90. The summed E-state index contributed by atoms with van der Waals surface area (Å²) in [6, 6.07) is 4.37. The molecule has 12 heteroatoms. The maximum absolute atomic E-state index is 13.0. The molecule has 3 rings (SSSR count). The summed E-state index contributed by atoms with van der Waals surface area (Å²) in [6.07, 6.45) is 2.29. The molecule has 0 spiro atoms. The van der Waals surface area contributed by atoms with E-state index in [-0.39, 0.29) is 12.3 Å². The van der Waals surface area contributed by atoms with Gasteiger partial charge in [0.15, 0.2) is 0 Å². The van der Waals surface area contributed by atoms with Gasteiger partial charge < -0.3 is 36.5 Å². The Hall–Kier alpha value is -3.93. The van der Waals surface area contributed by atoms with Gasteiger partial charge in [-0.25, -0.2) is 4.79 Å². The van der Waals surface area contributed by atoms with Crippen LogP contribution in [0.15, 0.2) is 30.5 Å². The summed E-state index contributed by atoms with van der Waals surface area (Å²) in [6.45, 7) is -0.202. The van der Waals surface area contributed by atoms with Gasteiger partial charge in [0.1, 0.15) is 12.1 Å². The van der Waals surface area contributed by atoms with Gasteiger partial charge in [-0.15, -0.1) is 0 Å². The van der Waals surface area contributed by atoms with E-state index in [9.17, 15) is 24.0 Å². The molecule has 1 fully saturated rings. The van der Waals surface area contributed by atoms with Crippen LogP contribution >= 0.6 is 0 Å². The van der Waals surface area contributed by atoms with E-state index in [1.54, 1.807) is 6.20 Å². The van der Waals surface area contributed by atoms with Gasteiger partial charge in [-0.3, -0.25) is 19.2 Å². The number of H-pyrrole nitrogens is 1. The van der Waals surface area contributed by atoms with Crippen molar-refractivity contribution >= 4 is 40.6 Å². The van der Waals surface area contributed by atoms with E-state index in [0.717, 1.165) is 16.5 Å². The number of rotatable bonds is 10. The van der Waals surface area contributed by atoms with Crippen LogP contribution in [0, 0.1) is 0 Å². The molecule has 1 aromatic carbocycles. The number of amides is 3. The highest BCUT2D eigenvalue weighted by Crippen LogP contribution is 2.22. The number of hydrogen-bond acceptors (Lipinski definition) is 6. The first-order valence-electron chi connectivity index (χ1n) is 10.8. The van der Waals surface area contributed by atoms with Gasteiger partial charge in [0.05, 0.1) is 19.0 Å². The van der Waals surface area contributed by atoms with E-state index in [1.165, 1.54) is 4.90 Å². The number of nitrogens with one attached hydrogen (secondary N) is 3. The number of para-hydroxylation sites is 1. The van der Waals surface area contributed by atoms with Crippen molar-refractivity contribution in [1.82, 2.24) is 20.5 Å². The average molecular weight is 473 g/mol. The van der Waals surface area contributed by atoms with E-state index in [1.807, 2.05) is 29.6 Å². The van der Waals surface area contributed by atoms with Crippen molar-refractivity contribution in [3.05, 3.63) is 36.0 Å². The second-order valence-corrected chi connectivity index (χ2v) is 8.13. The van der Waals surface area contributed by atoms with Gasteiger partial charge in [0.25, 0.3) is 0 Å². The van der Waals surface area contributed by atoms with Crippen molar-refractivity contribution in [3.8, 4) is 0 Å². The molecule has 34 heavy (non-hydrogen) atoms. The minimum Gasteiger partial charge on any atom is -0.481 e. The highest BCUT2D eigenvalue weighted by atomic mass is 16.4. The number of benzene rings is 1. The van der Waals surface area contributed by atoms with Crippen molar-refractivity contribution in [1.29, 1.82) is 0 Å². The molecule has 182 valence electrons. The van der Waals surface area contributed by atoms with E-state index in [4.69, 9.17) is 15.9 Å². The Morgan fingerprint density at radius 2 is 1.91 bits per heavy atom. The predicted octanol–water partition coefficient (Wildman–Crippen LogP) is -0.811. The number of carboxylic acid groups (broad SMARTS) is 2. The fourth-order valence-corrected chi connectivity index (χ4v) is 4.05. The number of nitrogens with two attached hydrogens (primary N) is 1. The summed E-state index contributed by atoms with van der Waals surface area (Å²) in [7, 11) is 0. The second kappa shape index (κ2) is 10.8. The van der Waals surface area contributed by atoms with Crippen molar-refractivity contribution in [3.63, 3.8) is 0 Å². The van der Waals surface area contributed by atoms with Gasteiger partial charge in [0.2, 0.25) is 17.7 Å². The van der Waals surface area contributed by atoms with Crippen LogP contribution < -0.4 is 16.4 Å². The monoisotopic (exact) mass is 473 g/mol. The number of aliphatic carboxylic acids is 2. The Morgan fingerprint density at radius 1 is 1.18 bits per heavy atom. The molecule has 3 atom stereocenters. The van der Waals surface area contributed by atoms with Gasteiger partial charge in [-0.1, -0.05) is 18.2 Å². The van der Waals surface area contributed by atoms with Crippen molar-refractivity contribution < 1.29 is 34.2 Å². The van der Waals surface area contributed by atoms with Crippen LogP contribution in [0.5, 0.6) is 0 Å². The summed E-state index contributed by atoms with van der Waals surface area (Å²) in [5, 5.41) is 23.1. The molecule has 1 aliphatic rings. The maximum atomic E-state index is 13.0. The molecule has 3 amide bonds. The Kier molecular flexibility index (Phi) is 7.84. The average Bonchev–Trinajstić information content (AvgIpc) is 3.44. The number of likely N-dealkylation sites (tertiary alicyclic amines) is 1. The molecule has 12 nitrogen and oxygen atoms in total. The molecule has 0 saturated carbocycles. The Balaban J connectivity index is 1.55. The first-order chi connectivity index (χ1) is 16.2. The SMILES string of the molecule is NC(Cc1c[nH]c2ccccc12)C(=O)N1CCCC1C(=O)NCC(=O)NC(CC(=O)O)C(=O)O. The Labute approximate surface area is 194 Å². The van der Waals surface area contributed by atoms with Crippen LogP contribution in [-0.2, 0) is 30.4 Å². The van der Waals surface area contributed by atoms with Crippen LogP contribution in [0.4, 0.5) is 0 Å². The largest absolute Gasteiger partial charge is 0.481 e. The Morgan fingerprint density at radius 3 is 2.62 bits per heavy atom. The number of carbonyl (C=O) groups is 5. The van der Waals surface area contributed by atoms with Gasteiger partial charge in [0, 0.05) is 23.6 Å². The number of aromatic amines is 1. The quantitative estimate of drug-likeness (QED) is 0.258. The third-order valence-electron chi connectivity index (χ3n) is 5.71. The number of nitrogens with zero attached hydrogens (tertiary/aromatic N) is 1. The van der Waals surface area contributed by atoms with Crippen LogP contribution in [0.1, 0.15) is 24.8 Å². The fraction of sp³-hybridized carbons (Fsp3) is 0.409. The lowest BCUT2D eigenvalue weighted by Gasteiger charge is -2.26. The molecule has 2 aromatic rings. The van der Waals surface area contributed by atoms with Gasteiger partial charge in [-0.2, -0.15) is 0 Å². The maximum Gasteiger partial charge on any atom is 0.326 e. The Bertz CT molecular complexity index is 1100. The smallest absolute Gasteiger partial charge is 0.326 e. The zero-order chi connectivity index (χ0) is 24.8. The number of hydrogen-bond donors (Lipinski definition) is 6. The van der Waals surface area contributed by atoms with Crippen molar-refractivity contribution in [2.24, 2.45) is 5.73 Å². The molecule has 7 N–H and O–H groups in total. The molecular weight excluding hydrogens is 446 g/mol. The minimum absolute atomic E-state index is 0.288. The zero-order valence-corrected chi connectivity index (χ0v) is 18.3. The van der Waals surface area contributed by atoms with Crippen molar-refractivity contribution in [2.75, 3.05) is 13.1 Å². The third-order valence-corrected chi connectivity index (χ3v) is 5.71. The zero-order valence-electron chi connectivity index (χ0n) is 18.3. The first-order valence-corrected chi connectivity index (χ1v) is 10.8. The molecule has 0 aliphatic carbocycles. The number of carboxylic acids is 2. The van der Waals surface area contributed by atoms with E-state index >= 15 is 0 Å². The first kappa shape index (κ1) is 24.7. The molecule has 1 aromatic heterocycles. The number of aromatic nitrogens is 1. The van der Waals surface area contributed by atoms with E-state index < -0.39 is 54.8 Å². The summed E-state index contributed by atoms with van der Waals surface area (Å²) in [5.74, 6) is -4.68. The van der Waals surface area contributed by atoms with Gasteiger partial charge >= 0.3 is 11.9 Å². The lowest BCUT2D eigenvalue weighted by atomic mass is 10.0. The fourth-order valence-electron chi connectivity index (χ4n) is 4.05. The standard InChI is InChI=1S/C22H27N5O7/c23-14(8-12-10-24-15-5-2-1-4-13(12)15)21(32)27-7-3-6-17(27)20(31)25-11-18(28)26-16(22(33)34)9-19(29)30/h1-2,4-5,10,14,16-17,24H,3,6-9,11,23H2,(H,25,31)(H,26,28)(H,29,30)(H,33,34). The normalized spacial score (nSPS) is 17.2. The number of fused-ring (bicyclic) bond motifs is 1. The number of carbonyl (C=O) groups excluding carboxylic acids is 3. The molecule has 2 heterocycles. The molecule has 1 saturated heterocycles. The minimum atomic E-state index is -1.62. The van der Waals surface area contributed by atoms with Crippen LogP contribution in [0.3, 0.4) is 0 Å². The highest BCUT2D eigenvalue weighted by molar-refractivity contribution is 5.94. The van der Waals surface area contributed by atoms with E-state index in [2.05, 4.69) is 10.3 Å². The van der Waals surface area contributed by atoms with Crippen LogP contribution in [-0.4, -0.2) is 81.0 Å². The second-order valence-electron chi connectivity index (χ2n) is 8.13. The van der Waals surface area contributed by atoms with Gasteiger partial charge in [-0.05, 0) is 30.9 Å². The van der Waals surface area contributed by atoms with E-state index in [0.29, 0.717) is 19.4 Å². The van der Waals surface area contributed by atoms with Crippen LogP contribution in [0.25, 0.3) is 10.9 Å². The van der Waals surface area contributed by atoms with Crippen LogP contribution in [0.2, 0.25) is 0 Å². The summed E-state index contributed by atoms with van der Waals surface area (Å²) in [5.41, 5.74) is 8.01. The highest BCUT2D eigenvalue weighted by Gasteiger charge is 2.36. The lowest BCUT2D eigenvalue weighted by Crippen LogP contribution is -2.53. The molecule has 1 aliphatic heterocycles. The summed E-state index contributed by atoms with van der Waals surface area (Å²) >= 11 is 0. The molecule has 0 radical (unpaired) electrons. The molecular formula is C22H27N5O7. The topological polar surface area (TPSA) is 195 Å². The predicted molar refractivity (Wildman–Crippen MR) is 120 cm³/mol. The molecule has 3 unspecified atom stereocenters. The van der Waals surface area contributed by atoms with Crippen molar-refractivity contribution in [2.45, 2.75) is 43.8 Å². The lowest BCUT2D eigenvalue weighted by molar-refractivity contribution is -0.147.